The van der Waals surface area contributed by atoms with E-state index in [0.717, 1.165) is 5.56 Å². The smallest absolute Gasteiger partial charge is 0.230 e. The summed E-state index contributed by atoms with van der Waals surface area (Å²) in [7, 11) is 0. The minimum absolute atomic E-state index is 0.0901. The number of carbonyl (C=O) groups excluding carboxylic acids is 1. The Bertz CT molecular complexity index is 452. The second-order valence-corrected chi connectivity index (χ2v) is 4.86. The fraction of sp³-hybridized carbons (Fsp3) is 0.429. The molecule has 1 unspecified atom stereocenters. The third-order valence-corrected chi connectivity index (χ3v) is 3.07. The molecule has 0 saturated carbocycles. The van der Waals surface area contributed by atoms with Crippen molar-refractivity contribution in [3.63, 3.8) is 0 Å². The predicted molar refractivity (Wildman–Crippen MR) is 75.0 cm³/mol. The van der Waals surface area contributed by atoms with Crippen molar-refractivity contribution < 1.29 is 10.0 Å². The molecule has 0 aliphatic rings. The summed E-state index contributed by atoms with van der Waals surface area (Å²) in [5.74, 6) is -0.500. The van der Waals surface area contributed by atoms with Crippen LogP contribution >= 0.6 is 0 Å². The van der Waals surface area contributed by atoms with E-state index in [2.05, 4.69) is 36.5 Å². The largest absolute Gasteiger partial charge is 0.409 e. The van der Waals surface area contributed by atoms with Crippen LogP contribution in [0, 0.1) is 5.92 Å². The summed E-state index contributed by atoms with van der Waals surface area (Å²) in [5, 5.41) is 14.1. The maximum Gasteiger partial charge on any atom is 0.230 e. The summed E-state index contributed by atoms with van der Waals surface area (Å²) >= 11 is 0. The van der Waals surface area contributed by atoms with E-state index in [-0.39, 0.29) is 11.7 Å². The molecular weight excluding hydrogens is 242 g/mol. The molecule has 0 bridgehead atoms. The summed E-state index contributed by atoms with van der Waals surface area (Å²) in [6.07, 6.45) is 0. The van der Waals surface area contributed by atoms with Crippen LogP contribution in [0.5, 0.6) is 0 Å². The number of carbonyl (C=O) groups is 1. The fourth-order valence-corrected chi connectivity index (χ4v) is 1.58. The fourth-order valence-electron chi connectivity index (χ4n) is 1.58. The average molecular weight is 263 g/mol. The number of amidine groups is 1. The van der Waals surface area contributed by atoms with Gasteiger partial charge in [0.25, 0.3) is 0 Å². The Kier molecular flexibility index (Phi) is 5.36. The molecule has 0 fully saturated rings. The van der Waals surface area contributed by atoms with E-state index in [4.69, 9.17) is 10.9 Å². The molecule has 1 atom stereocenters. The molecule has 0 radical (unpaired) electrons. The van der Waals surface area contributed by atoms with Crippen molar-refractivity contribution in [3.05, 3.63) is 35.4 Å². The zero-order valence-electron chi connectivity index (χ0n) is 11.6. The number of hydrogen-bond acceptors (Lipinski definition) is 3. The van der Waals surface area contributed by atoms with Crippen LogP contribution in [0.25, 0.3) is 0 Å². The number of nitrogens with one attached hydrogen (secondary N) is 1. The first-order chi connectivity index (χ1) is 8.95. The second kappa shape index (κ2) is 6.78. The van der Waals surface area contributed by atoms with Gasteiger partial charge in [0.1, 0.15) is 0 Å². The minimum Gasteiger partial charge on any atom is -0.409 e. The molecule has 4 N–H and O–H groups in total. The van der Waals surface area contributed by atoms with E-state index in [9.17, 15) is 4.79 Å². The van der Waals surface area contributed by atoms with Crippen LogP contribution < -0.4 is 11.1 Å². The Balaban J connectivity index is 2.55. The van der Waals surface area contributed by atoms with Gasteiger partial charge in [0.05, 0.1) is 5.92 Å². The topological polar surface area (TPSA) is 87.7 Å². The molecular formula is C14H21N3O2. The van der Waals surface area contributed by atoms with Gasteiger partial charge < -0.3 is 16.3 Å². The van der Waals surface area contributed by atoms with Crippen LogP contribution in [0.1, 0.15) is 37.8 Å². The maximum absolute atomic E-state index is 11.7. The van der Waals surface area contributed by atoms with Crippen LogP contribution in [0.4, 0.5) is 0 Å². The van der Waals surface area contributed by atoms with E-state index in [0.29, 0.717) is 12.5 Å². The standard InChI is InChI=1S/C14H21N3O2/c1-9(2)12-6-4-11(5-7-12)8-16-14(18)10(3)13(15)17-19/h4-7,9-10,19H,8H2,1-3H3,(H2,15,17)(H,16,18). The normalized spacial score (nSPS) is 13.4. The lowest BCUT2D eigenvalue weighted by Crippen LogP contribution is -2.36. The Labute approximate surface area is 113 Å². The minimum atomic E-state index is -0.639. The van der Waals surface area contributed by atoms with E-state index in [1.165, 1.54) is 5.56 Å². The molecule has 0 aliphatic heterocycles. The molecule has 5 nitrogen and oxygen atoms in total. The molecule has 0 spiro atoms. The molecule has 0 heterocycles. The summed E-state index contributed by atoms with van der Waals surface area (Å²) in [4.78, 5) is 11.7. The van der Waals surface area contributed by atoms with E-state index < -0.39 is 5.92 Å². The molecule has 0 aromatic heterocycles. The van der Waals surface area contributed by atoms with E-state index in [1.54, 1.807) is 6.92 Å². The monoisotopic (exact) mass is 263 g/mol. The van der Waals surface area contributed by atoms with Crippen LogP contribution in [0.3, 0.4) is 0 Å². The first-order valence-electron chi connectivity index (χ1n) is 6.29. The van der Waals surface area contributed by atoms with Crippen LogP contribution in [0.15, 0.2) is 29.4 Å². The third-order valence-electron chi connectivity index (χ3n) is 3.07. The molecule has 1 rings (SSSR count). The van der Waals surface area contributed by atoms with Crippen molar-refractivity contribution in [1.29, 1.82) is 0 Å². The number of rotatable bonds is 5. The number of oxime groups is 1. The van der Waals surface area contributed by atoms with Crippen LogP contribution in [0.2, 0.25) is 0 Å². The highest BCUT2D eigenvalue weighted by atomic mass is 16.4. The highest BCUT2D eigenvalue weighted by Gasteiger charge is 2.16. The van der Waals surface area contributed by atoms with Crippen molar-refractivity contribution in [2.45, 2.75) is 33.2 Å². The van der Waals surface area contributed by atoms with Crippen molar-refractivity contribution in [2.75, 3.05) is 0 Å². The first kappa shape index (κ1) is 15.0. The van der Waals surface area contributed by atoms with Gasteiger partial charge in [0.2, 0.25) is 5.91 Å². The average Bonchev–Trinajstić information content (AvgIpc) is 2.43. The van der Waals surface area contributed by atoms with Crippen LogP contribution in [-0.2, 0) is 11.3 Å². The first-order valence-corrected chi connectivity index (χ1v) is 6.29. The Morgan fingerprint density at radius 3 is 2.37 bits per heavy atom. The Morgan fingerprint density at radius 1 is 1.32 bits per heavy atom. The number of nitrogens with zero attached hydrogens (tertiary/aromatic N) is 1. The summed E-state index contributed by atoms with van der Waals surface area (Å²) in [6.45, 7) is 6.29. The van der Waals surface area contributed by atoms with Gasteiger partial charge in [-0.25, -0.2) is 0 Å². The van der Waals surface area contributed by atoms with Gasteiger partial charge in [-0.15, -0.1) is 0 Å². The molecule has 1 aromatic carbocycles. The van der Waals surface area contributed by atoms with Gasteiger partial charge in [0.15, 0.2) is 5.84 Å². The molecule has 0 saturated heterocycles. The predicted octanol–water partition coefficient (Wildman–Crippen LogP) is 1.81. The van der Waals surface area contributed by atoms with Crippen molar-refractivity contribution in [1.82, 2.24) is 5.32 Å². The SMILES string of the molecule is CC(C(=O)NCc1ccc(C(C)C)cc1)C(N)=NO. The highest BCUT2D eigenvalue weighted by Crippen LogP contribution is 2.14. The lowest BCUT2D eigenvalue weighted by molar-refractivity contribution is -0.122. The number of hydrogen-bond donors (Lipinski definition) is 3. The Hall–Kier alpha value is -2.04. The van der Waals surface area contributed by atoms with Gasteiger partial charge in [-0.1, -0.05) is 43.3 Å². The maximum atomic E-state index is 11.7. The quantitative estimate of drug-likeness (QED) is 0.327. The second-order valence-electron chi connectivity index (χ2n) is 4.86. The van der Waals surface area contributed by atoms with Gasteiger partial charge in [-0.05, 0) is 24.0 Å². The Morgan fingerprint density at radius 2 is 1.89 bits per heavy atom. The number of benzene rings is 1. The lowest BCUT2D eigenvalue weighted by Gasteiger charge is -2.11. The number of amides is 1. The molecule has 0 aliphatic carbocycles. The third kappa shape index (κ3) is 4.28. The lowest BCUT2D eigenvalue weighted by atomic mass is 10.0. The van der Waals surface area contributed by atoms with Gasteiger partial charge in [0, 0.05) is 6.54 Å². The van der Waals surface area contributed by atoms with Crippen molar-refractivity contribution in [2.24, 2.45) is 16.8 Å². The zero-order valence-corrected chi connectivity index (χ0v) is 11.6. The van der Waals surface area contributed by atoms with Crippen LogP contribution in [-0.4, -0.2) is 17.0 Å². The van der Waals surface area contributed by atoms with Crippen molar-refractivity contribution >= 4 is 11.7 Å². The molecule has 5 heteroatoms. The van der Waals surface area contributed by atoms with E-state index in [1.807, 2.05) is 12.1 Å². The molecule has 104 valence electrons. The molecule has 19 heavy (non-hydrogen) atoms. The van der Waals surface area contributed by atoms with Gasteiger partial charge in [-0.3, -0.25) is 4.79 Å². The number of nitrogens with two attached hydrogens (primary N) is 1. The highest BCUT2D eigenvalue weighted by molar-refractivity contribution is 6.01. The zero-order chi connectivity index (χ0) is 14.4. The van der Waals surface area contributed by atoms with Gasteiger partial charge >= 0.3 is 0 Å². The summed E-state index contributed by atoms with van der Waals surface area (Å²) in [6, 6.07) is 8.09. The summed E-state index contributed by atoms with van der Waals surface area (Å²) < 4.78 is 0. The van der Waals surface area contributed by atoms with Gasteiger partial charge in [-0.2, -0.15) is 0 Å². The molecule has 1 aromatic rings. The molecule has 1 amide bonds. The van der Waals surface area contributed by atoms with Crippen molar-refractivity contribution in [3.8, 4) is 0 Å². The van der Waals surface area contributed by atoms with E-state index >= 15 is 0 Å². The summed E-state index contributed by atoms with van der Waals surface area (Å²) in [5.41, 5.74) is 7.66.